The number of benzene rings is 2. The zero-order valence-electron chi connectivity index (χ0n) is 18.5. The van der Waals surface area contributed by atoms with E-state index in [0.717, 1.165) is 10.3 Å². The molecule has 0 aliphatic heterocycles. The largest absolute Gasteiger partial charge is 0.494 e. The lowest BCUT2D eigenvalue weighted by atomic mass is 10.1. The number of hydrogen-bond donors (Lipinski definition) is 1. The molecule has 0 aliphatic rings. The second-order valence-corrected chi connectivity index (χ2v) is 8.03. The first-order valence-corrected chi connectivity index (χ1v) is 10.6. The van der Waals surface area contributed by atoms with E-state index in [9.17, 15) is 23.1 Å². The van der Waals surface area contributed by atoms with Crippen LogP contribution in [0.25, 0.3) is 5.69 Å². The molecule has 2 heterocycles. The summed E-state index contributed by atoms with van der Waals surface area (Å²) in [6, 6.07) is 6.28. The van der Waals surface area contributed by atoms with Crippen molar-refractivity contribution >= 4 is 11.6 Å². The Balaban J connectivity index is 1.72. The van der Waals surface area contributed by atoms with Crippen LogP contribution in [-0.4, -0.2) is 32.9 Å². The number of ether oxygens (including phenoxy) is 2. The average molecular weight is 506 g/mol. The van der Waals surface area contributed by atoms with Crippen LogP contribution in [0.5, 0.6) is 17.2 Å². The highest BCUT2D eigenvalue weighted by atomic mass is 35.5. The molecule has 0 spiro atoms. The number of methoxy groups -OCH3 is 1. The van der Waals surface area contributed by atoms with Crippen LogP contribution >= 0.6 is 11.6 Å². The predicted octanol–water partition coefficient (Wildman–Crippen LogP) is 4.80. The zero-order chi connectivity index (χ0) is 25.3. The second kappa shape index (κ2) is 9.85. The Labute approximate surface area is 202 Å². The highest BCUT2D eigenvalue weighted by molar-refractivity contribution is 6.30. The molecule has 0 saturated heterocycles. The minimum atomic E-state index is -1.66. The van der Waals surface area contributed by atoms with E-state index in [1.165, 1.54) is 19.4 Å². The van der Waals surface area contributed by atoms with Crippen molar-refractivity contribution in [2.45, 2.75) is 13.0 Å². The topological polar surface area (TPSA) is 78.5 Å². The third kappa shape index (κ3) is 4.89. The Kier molecular flexibility index (Phi) is 6.86. The lowest BCUT2D eigenvalue weighted by Gasteiger charge is -2.20. The molecule has 1 N–H and O–H groups in total. The molecule has 182 valence electrons. The van der Waals surface area contributed by atoms with Crippen molar-refractivity contribution in [3.05, 3.63) is 99.2 Å². The van der Waals surface area contributed by atoms with E-state index in [2.05, 4.69) is 4.98 Å². The van der Waals surface area contributed by atoms with Crippen LogP contribution in [0.3, 0.4) is 0 Å². The van der Waals surface area contributed by atoms with E-state index in [1.807, 2.05) is 13.1 Å². The van der Waals surface area contributed by atoms with Crippen molar-refractivity contribution in [2.75, 3.05) is 13.7 Å². The summed E-state index contributed by atoms with van der Waals surface area (Å²) in [5.41, 5.74) is 0.587. The second-order valence-electron chi connectivity index (χ2n) is 7.59. The molecule has 0 bridgehead atoms. The van der Waals surface area contributed by atoms with Crippen LogP contribution in [0.4, 0.5) is 13.2 Å². The van der Waals surface area contributed by atoms with Gasteiger partial charge in [-0.15, -0.1) is 0 Å². The lowest BCUT2D eigenvalue weighted by Crippen LogP contribution is -2.28. The highest BCUT2D eigenvalue weighted by Gasteiger charge is 2.22. The zero-order valence-corrected chi connectivity index (χ0v) is 19.3. The van der Waals surface area contributed by atoms with Gasteiger partial charge in [-0.3, -0.25) is 4.79 Å². The molecule has 0 aliphatic carbocycles. The molecule has 35 heavy (non-hydrogen) atoms. The van der Waals surface area contributed by atoms with E-state index >= 15 is 0 Å². The number of aliphatic hydroxyl groups is 1. The van der Waals surface area contributed by atoms with Gasteiger partial charge >= 0.3 is 0 Å². The molecule has 1 atom stereocenters. The smallest absolute Gasteiger partial charge is 0.294 e. The first-order valence-electron chi connectivity index (χ1n) is 10.3. The molecule has 4 aromatic rings. The van der Waals surface area contributed by atoms with Crippen LogP contribution < -0.4 is 15.0 Å². The van der Waals surface area contributed by atoms with Crippen LogP contribution in [0.2, 0.25) is 5.02 Å². The summed E-state index contributed by atoms with van der Waals surface area (Å²) in [4.78, 5) is 17.3. The minimum Gasteiger partial charge on any atom is -0.494 e. The molecule has 2 aromatic heterocycles. The maximum absolute atomic E-state index is 13.8. The van der Waals surface area contributed by atoms with Gasteiger partial charge in [0.2, 0.25) is 0 Å². The number of rotatable bonds is 7. The van der Waals surface area contributed by atoms with Crippen LogP contribution in [0.1, 0.15) is 17.3 Å². The number of halogens is 4. The third-order valence-corrected chi connectivity index (χ3v) is 5.45. The quantitative estimate of drug-likeness (QED) is 0.365. The number of aromatic nitrogens is 3. The molecule has 0 saturated carbocycles. The summed E-state index contributed by atoms with van der Waals surface area (Å²) in [5.74, 6) is -4.10. The van der Waals surface area contributed by atoms with E-state index in [-0.39, 0.29) is 22.1 Å². The summed E-state index contributed by atoms with van der Waals surface area (Å²) < 4.78 is 54.9. The van der Waals surface area contributed by atoms with Crippen molar-refractivity contribution in [3.8, 4) is 22.9 Å². The van der Waals surface area contributed by atoms with Crippen molar-refractivity contribution in [2.24, 2.45) is 0 Å². The molecular weight excluding hydrogens is 487 g/mol. The molecule has 0 fully saturated rings. The number of imidazole rings is 1. The van der Waals surface area contributed by atoms with Crippen LogP contribution in [-0.2, 0) is 0 Å². The SMILES string of the molecule is COc1cc(Oc2cc(Cl)cn([C@@H](CO)c3cc(F)c(F)c(F)c3)c2=O)ccc1-n1cnc(C)c1. The number of aliphatic hydroxyl groups excluding tert-OH is 1. The molecule has 4 rings (SSSR count). The average Bonchev–Trinajstić information content (AvgIpc) is 3.26. The van der Waals surface area contributed by atoms with Crippen molar-refractivity contribution in [3.63, 3.8) is 0 Å². The Morgan fingerprint density at radius 1 is 1.09 bits per heavy atom. The van der Waals surface area contributed by atoms with Gasteiger partial charge in [0.1, 0.15) is 11.5 Å². The monoisotopic (exact) mass is 505 g/mol. The maximum Gasteiger partial charge on any atom is 0.294 e. The van der Waals surface area contributed by atoms with E-state index in [1.54, 1.807) is 29.1 Å². The van der Waals surface area contributed by atoms with Crippen molar-refractivity contribution in [1.82, 2.24) is 14.1 Å². The van der Waals surface area contributed by atoms with E-state index in [4.69, 9.17) is 21.1 Å². The van der Waals surface area contributed by atoms with Crippen LogP contribution in [0, 0.1) is 24.4 Å². The fourth-order valence-electron chi connectivity index (χ4n) is 3.58. The van der Waals surface area contributed by atoms with Gasteiger partial charge in [-0.1, -0.05) is 11.6 Å². The maximum atomic E-state index is 13.8. The lowest BCUT2D eigenvalue weighted by molar-refractivity contribution is 0.245. The standard InChI is InChI=1S/C24H19ClF3N3O4/c1-13-9-30(12-29-13)19-4-3-16(8-21(19)34-2)35-22-7-15(25)10-31(24(22)33)20(11-32)14-5-17(26)23(28)18(27)6-14/h3-10,12,20,32H,11H2,1-2H3/t20-/m0/s1. The van der Waals surface area contributed by atoms with Crippen LogP contribution in [0.15, 0.2) is 59.9 Å². The van der Waals surface area contributed by atoms with E-state index in [0.29, 0.717) is 23.6 Å². The van der Waals surface area contributed by atoms with Gasteiger partial charge in [0.15, 0.2) is 23.2 Å². The van der Waals surface area contributed by atoms with Crippen molar-refractivity contribution in [1.29, 1.82) is 0 Å². The third-order valence-electron chi connectivity index (χ3n) is 5.25. The number of nitrogens with zero attached hydrogens (tertiary/aromatic N) is 3. The Bertz CT molecular complexity index is 1430. The summed E-state index contributed by atoms with van der Waals surface area (Å²) in [7, 11) is 1.48. The Hall–Kier alpha value is -3.76. The van der Waals surface area contributed by atoms with Gasteiger partial charge in [0, 0.05) is 24.5 Å². The Morgan fingerprint density at radius 3 is 2.40 bits per heavy atom. The molecular formula is C24H19ClF3N3O4. The Morgan fingerprint density at radius 2 is 1.80 bits per heavy atom. The molecule has 2 aromatic carbocycles. The number of aryl methyl sites for hydroxylation is 1. The van der Waals surface area contributed by atoms with Gasteiger partial charge in [-0.2, -0.15) is 0 Å². The van der Waals surface area contributed by atoms with Gasteiger partial charge in [-0.05, 0) is 36.8 Å². The number of pyridine rings is 1. The van der Waals surface area contributed by atoms with Gasteiger partial charge in [0.05, 0.1) is 42.5 Å². The number of hydrogen-bond acceptors (Lipinski definition) is 5. The summed E-state index contributed by atoms with van der Waals surface area (Å²) in [5, 5.41) is 9.94. The summed E-state index contributed by atoms with van der Waals surface area (Å²) >= 11 is 6.17. The molecule has 0 radical (unpaired) electrons. The van der Waals surface area contributed by atoms with Gasteiger partial charge in [0.25, 0.3) is 5.56 Å². The molecule has 7 nitrogen and oxygen atoms in total. The normalized spacial score (nSPS) is 12.0. The van der Waals surface area contributed by atoms with Crippen molar-refractivity contribution < 1.29 is 27.8 Å². The van der Waals surface area contributed by atoms with E-state index < -0.39 is 35.7 Å². The first kappa shape index (κ1) is 24.4. The minimum absolute atomic E-state index is 0.0542. The summed E-state index contributed by atoms with van der Waals surface area (Å²) in [6.07, 6.45) is 4.62. The highest BCUT2D eigenvalue weighted by Crippen LogP contribution is 2.31. The summed E-state index contributed by atoms with van der Waals surface area (Å²) in [6.45, 7) is 1.12. The molecule has 0 unspecified atom stereocenters. The fourth-order valence-corrected chi connectivity index (χ4v) is 3.79. The molecule has 11 heteroatoms. The predicted molar refractivity (Wildman–Crippen MR) is 122 cm³/mol. The van der Waals surface area contributed by atoms with Gasteiger partial charge in [-0.25, -0.2) is 18.2 Å². The first-order chi connectivity index (χ1) is 16.7. The molecule has 0 amide bonds. The fraction of sp³-hybridized carbons (Fsp3) is 0.167. The van der Waals surface area contributed by atoms with Gasteiger partial charge < -0.3 is 23.7 Å².